The van der Waals surface area contributed by atoms with Gasteiger partial charge in [-0.15, -0.1) is 0 Å². The minimum absolute atomic E-state index is 0.0195. The third-order valence-corrected chi connectivity index (χ3v) is 5.01. The van der Waals surface area contributed by atoms with Gasteiger partial charge in [0, 0.05) is 23.8 Å². The Labute approximate surface area is 135 Å². The maximum atomic E-state index is 14.3. The molecule has 1 atom stereocenters. The lowest BCUT2D eigenvalue weighted by molar-refractivity contribution is -0.141. The molecule has 1 N–H and O–H groups in total. The van der Waals surface area contributed by atoms with Crippen LogP contribution in [-0.4, -0.2) is 49.6 Å². The van der Waals surface area contributed by atoms with E-state index < -0.39 is 38.3 Å². The van der Waals surface area contributed by atoms with Gasteiger partial charge in [-0.05, 0) is 18.6 Å². The predicted molar refractivity (Wildman–Crippen MR) is 78.9 cm³/mol. The zero-order valence-corrected chi connectivity index (χ0v) is 13.9. The molecule has 2 rings (SSSR count). The molecular weight excluding hydrogens is 381 g/mol. The van der Waals surface area contributed by atoms with Gasteiger partial charge in [-0.2, -0.15) is 0 Å². The molecule has 6 nitrogen and oxygen atoms in total. The number of carbonyl (C=O) groups is 2. The van der Waals surface area contributed by atoms with Crippen LogP contribution in [-0.2, 0) is 14.6 Å². The molecule has 1 aromatic carbocycles. The molecule has 1 aromatic rings. The molecule has 9 heteroatoms. The number of aliphatic carboxylic acids is 1. The van der Waals surface area contributed by atoms with Gasteiger partial charge in [0.1, 0.15) is 4.90 Å². The number of sulfone groups is 1. The average Bonchev–Trinajstić information content (AvgIpc) is 2.88. The fraction of sp³-hybridized carbons (Fsp3) is 0.385. The van der Waals surface area contributed by atoms with Crippen molar-refractivity contribution in [1.82, 2.24) is 4.90 Å². The van der Waals surface area contributed by atoms with Crippen LogP contribution in [0, 0.1) is 11.7 Å². The van der Waals surface area contributed by atoms with Gasteiger partial charge < -0.3 is 10.0 Å². The maximum absolute atomic E-state index is 14.3. The number of carbonyl (C=O) groups excluding carboxylic acids is 1. The summed E-state index contributed by atoms with van der Waals surface area (Å²) in [6.45, 7) is 0.171. The smallest absolute Gasteiger partial charge is 0.308 e. The molecule has 0 aromatic heterocycles. The van der Waals surface area contributed by atoms with Gasteiger partial charge in [0.2, 0.25) is 0 Å². The van der Waals surface area contributed by atoms with E-state index in [0.29, 0.717) is 0 Å². The van der Waals surface area contributed by atoms with Crippen molar-refractivity contribution in [1.29, 1.82) is 0 Å². The van der Waals surface area contributed by atoms with E-state index in [1.807, 2.05) is 0 Å². The second-order valence-electron chi connectivity index (χ2n) is 5.11. The molecule has 0 bridgehead atoms. The van der Waals surface area contributed by atoms with Crippen LogP contribution in [0.15, 0.2) is 21.5 Å². The first-order valence-corrected chi connectivity index (χ1v) is 9.01. The van der Waals surface area contributed by atoms with Gasteiger partial charge in [0.05, 0.1) is 11.5 Å². The second-order valence-corrected chi connectivity index (χ2v) is 8.01. The normalized spacial score (nSPS) is 18.5. The van der Waals surface area contributed by atoms with E-state index in [9.17, 15) is 22.4 Å². The second kappa shape index (κ2) is 5.96. The first kappa shape index (κ1) is 16.9. The minimum Gasteiger partial charge on any atom is -0.481 e. The minimum atomic E-state index is -3.83. The highest BCUT2D eigenvalue weighted by molar-refractivity contribution is 9.10. The molecular formula is C13H13BrFNO5S. The number of amides is 1. The average molecular weight is 394 g/mol. The Hall–Kier alpha value is -1.48. The lowest BCUT2D eigenvalue weighted by Crippen LogP contribution is -2.31. The summed E-state index contributed by atoms with van der Waals surface area (Å²) in [5.74, 6) is -3.53. The highest BCUT2D eigenvalue weighted by Gasteiger charge is 2.33. The van der Waals surface area contributed by atoms with Crippen molar-refractivity contribution >= 4 is 37.6 Å². The Bertz CT molecular complexity index is 749. The number of nitrogens with zero attached hydrogens (tertiary/aromatic N) is 1. The zero-order chi connectivity index (χ0) is 16.7. The predicted octanol–water partition coefficient (Wildman–Crippen LogP) is 1.54. The third kappa shape index (κ3) is 3.30. The van der Waals surface area contributed by atoms with Crippen molar-refractivity contribution in [3.63, 3.8) is 0 Å². The van der Waals surface area contributed by atoms with Crippen molar-refractivity contribution < 1.29 is 27.5 Å². The van der Waals surface area contributed by atoms with Crippen molar-refractivity contribution in [2.75, 3.05) is 19.3 Å². The number of benzene rings is 1. The van der Waals surface area contributed by atoms with Gasteiger partial charge in [-0.1, -0.05) is 15.9 Å². The Morgan fingerprint density at radius 1 is 1.41 bits per heavy atom. The van der Waals surface area contributed by atoms with Crippen LogP contribution in [0.3, 0.4) is 0 Å². The highest BCUT2D eigenvalue weighted by Crippen LogP contribution is 2.27. The molecule has 1 fully saturated rings. The molecule has 0 radical (unpaired) electrons. The number of hydrogen-bond acceptors (Lipinski definition) is 4. The van der Waals surface area contributed by atoms with E-state index in [4.69, 9.17) is 5.11 Å². The summed E-state index contributed by atoms with van der Waals surface area (Å²) in [4.78, 5) is 23.9. The van der Waals surface area contributed by atoms with Crippen LogP contribution in [0.25, 0.3) is 0 Å². The van der Waals surface area contributed by atoms with Gasteiger partial charge in [-0.3, -0.25) is 9.59 Å². The number of likely N-dealkylation sites (tertiary alicyclic amines) is 1. The highest BCUT2D eigenvalue weighted by atomic mass is 79.9. The summed E-state index contributed by atoms with van der Waals surface area (Å²) in [6.07, 6.45) is 1.14. The fourth-order valence-corrected chi connectivity index (χ4v) is 3.69. The third-order valence-electron chi connectivity index (χ3n) is 3.46. The lowest BCUT2D eigenvalue weighted by Gasteiger charge is -2.17. The fourth-order valence-electron chi connectivity index (χ4n) is 2.31. The summed E-state index contributed by atoms with van der Waals surface area (Å²) in [7, 11) is -3.83. The summed E-state index contributed by atoms with van der Waals surface area (Å²) in [5, 5.41) is 8.93. The van der Waals surface area contributed by atoms with E-state index in [2.05, 4.69) is 15.9 Å². The van der Waals surface area contributed by atoms with Crippen molar-refractivity contribution in [2.45, 2.75) is 11.3 Å². The zero-order valence-electron chi connectivity index (χ0n) is 11.5. The summed E-state index contributed by atoms with van der Waals surface area (Å²) < 4.78 is 37.8. The van der Waals surface area contributed by atoms with Crippen molar-refractivity contribution in [3.05, 3.63) is 28.0 Å². The molecule has 22 heavy (non-hydrogen) atoms. The van der Waals surface area contributed by atoms with E-state index in [1.54, 1.807) is 0 Å². The van der Waals surface area contributed by atoms with E-state index >= 15 is 0 Å². The van der Waals surface area contributed by atoms with Crippen molar-refractivity contribution in [2.24, 2.45) is 5.92 Å². The number of rotatable bonds is 3. The Kier molecular flexibility index (Phi) is 4.57. The van der Waals surface area contributed by atoms with Crippen LogP contribution in [0.2, 0.25) is 0 Å². The molecule has 0 spiro atoms. The van der Waals surface area contributed by atoms with E-state index in [1.165, 1.54) is 11.0 Å². The summed E-state index contributed by atoms with van der Waals surface area (Å²) in [6, 6.07) is 2.28. The molecule has 0 saturated carbocycles. The molecule has 1 amide bonds. The molecule has 0 unspecified atom stereocenters. The first-order chi connectivity index (χ1) is 10.1. The molecule has 1 aliphatic heterocycles. The largest absolute Gasteiger partial charge is 0.481 e. The number of carboxylic acid groups (broad SMARTS) is 1. The molecule has 1 saturated heterocycles. The quantitative estimate of drug-likeness (QED) is 0.840. The topological polar surface area (TPSA) is 91.8 Å². The lowest BCUT2D eigenvalue weighted by atomic mass is 10.1. The van der Waals surface area contributed by atoms with Crippen LogP contribution in [0.5, 0.6) is 0 Å². The Morgan fingerprint density at radius 2 is 2.05 bits per heavy atom. The van der Waals surface area contributed by atoms with Gasteiger partial charge in [0.25, 0.3) is 5.91 Å². The van der Waals surface area contributed by atoms with Crippen LogP contribution < -0.4 is 0 Å². The van der Waals surface area contributed by atoms with Gasteiger partial charge in [0.15, 0.2) is 15.7 Å². The Morgan fingerprint density at radius 3 is 2.55 bits per heavy atom. The molecule has 1 aliphatic rings. The van der Waals surface area contributed by atoms with Crippen LogP contribution in [0.4, 0.5) is 4.39 Å². The number of halogens is 2. The van der Waals surface area contributed by atoms with Crippen LogP contribution >= 0.6 is 15.9 Å². The molecule has 120 valence electrons. The monoisotopic (exact) mass is 393 g/mol. The summed E-state index contributed by atoms with van der Waals surface area (Å²) in [5.41, 5.74) is -0.388. The molecule has 1 heterocycles. The van der Waals surface area contributed by atoms with Crippen molar-refractivity contribution in [3.8, 4) is 0 Å². The first-order valence-electron chi connectivity index (χ1n) is 6.32. The van der Waals surface area contributed by atoms with Gasteiger partial charge >= 0.3 is 5.97 Å². The Balaban J connectivity index is 2.39. The van der Waals surface area contributed by atoms with Crippen LogP contribution in [0.1, 0.15) is 16.8 Å². The standard InChI is InChI=1S/C13H13BrFNO5S/c1-22(20,21)10-5-8(14)4-9(11(10)15)12(17)16-3-2-7(6-16)13(18)19/h4-5,7H,2-3,6H2,1H3,(H,18,19)/t7-/m1/s1. The molecule has 0 aliphatic carbocycles. The summed E-state index contributed by atoms with van der Waals surface area (Å²) >= 11 is 3.06. The van der Waals surface area contributed by atoms with E-state index in [-0.39, 0.29) is 29.5 Å². The van der Waals surface area contributed by atoms with Gasteiger partial charge in [-0.25, -0.2) is 12.8 Å². The van der Waals surface area contributed by atoms with E-state index in [0.717, 1.165) is 12.3 Å². The maximum Gasteiger partial charge on any atom is 0.308 e. The number of hydrogen-bond donors (Lipinski definition) is 1. The number of carboxylic acids is 1. The SMILES string of the molecule is CS(=O)(=O)c1cc(Br)cc(C(=O)N2CC[C@@H](C(=O)O)C2)c1F.